The van der Waals surface area contributed by atoms with Crippen molar-refractivity contribution in [3.63, 3.8) is 0 Å². The van der Waals surface area contributed by atoms with Crippen LogP contribution in [0.1, 0.15) is 12.8 Å². The van der Waals surface area contributed by atoms with Gasteiger partial charge in [-0.15, -0.1) is 6.42 Å². The number of rotatable bonds is 3. The second-order valence-corrected chi connectivity index (χ2v) is 5.60. The Bertz CT molecular complexity index is 515. The van der Waals surface area contributed by atoms with Gasteiger partial charge in [0.15, 0.2) is 0 Å². The number of carbonyl (C=O) groups is 1. The maximum atomic E-state index is 11.9. The summed E-state index contributed by atoms with van der Waals surface area (Å²) in [6, 6.07) is 8.03. The first-order valence-electron chi connectivity index (χ1n) is 7.06. The number of nitrogens with one attached hydrogen (secondary N) is 1. The molecule has 1 aromatic rings. The summed E-state index contributed by atoms with van der Waals surface area (Å²) in [5.41, 5.74) is 1.18. The Morgan fingerprint density at radius 3 is 2.62 bits per heavy atom. The summed E-state index contributed by atoms with van der Waals surface area (Å²) >= 11 is 5.91. The highest BCUT2D eigenvalue weighted by Crippen LogP contribution is 2.23. The molecule has 0 unspecified atom stereocenters. The van der Waals surface area contributed by atoms with E-state index in [2.05, 4.69) is 16.1 Å². The van der Waals surface area contributed by atoms with E-state index in [1.165, 1.54) is 5.69 Å². The number of hydrogen-bond donors (Lipinski definition) is 1. The van der Waals surface area contributed by atoms with Gasteiger partial charge in [-0.05, 0) is 37.1 Å². The number of urea groups is 1. The Morgan fingerprint density at radius 2 is 2.05 bits per heavy atom. The third-order valence-electron chi connectivity index (χ3n) is 3.87. The van der Waals surface area contributed by atoms with Crippen LogP contribution in [0, 0.1) is 12.3 Å². The van der Waals surface area contributed by atoms with Gasteiger partial charge < -0.3 is 15.1 Å². The number of nitrogens with zero attached hydrogens (tertiary/aromatic N) is 2. The topological polar surface area (TPSA) is 35.6 Å². The second kappa shape index (κ2) is 7.24. The molecule has 112 valence electrons. The van der Waals surface area contributed by atoms with E-state index >= 15 is 0 Å². The lowest BCUT2D eigenvalue weighted by atomic mass is 10.0. The van der Waals surface area contributed by atoms with Crippen molar-refractivity contribution in [1.29, 1.82) is 0 Å². The summed E-state index contributed by atoms with van der Waals surface area (Å²) in [5, 5.41) is 3.45. The van der Waals surface area contributed by atoms with Gasteiger partial charge in [-0.1, -0.05) is 17.5 Å². The van der Waals surface area contributed by atoms with E-state index in [9.17, 15) is 4.79 Å². The van der Waals surface area contributed by atoms with Gasteiger partial charge in [-0.3, -0.25) is 0 Å². The molecule has 2 rings (SSSR count). The van der Waals surface area contributed by atoms with Crippen molar-refractivity contribution in [2.45, 2.75) is 18.9 Å². The average molecular weight is 306 g/mol. The third-order valence-corrected chi connectivity index (χ3v) is 4.12. The van der Waals surface area contributed by atoms with E-state index in [0.29, 0.717) is 0 Å². The second-order valence-electron chi connectivity index (χ2n) is 5.17. The van der Waals surface area contributed by atoms with Crippen LogP contribution in [-0.4, -0.2) is 43.7 Å². The normalized spacial score (nSPS) is 15.4. The van der Waals surface area contributed by atoms with Crippen molar-refractivity contribution in [3.05, 3.63) is 29.3 Å². The highest BCUT2D eigenvalue weighted by molar-refractivity contribution is 6.30. The van der Waals surface area contributed by atoms with Crippen LogP contribution < -0.4 is 10.2 Å². The Hall–Kier alpha value is -1.86. The van der Waals surface area contributed by atoms with Crippen molar-refractivity contribution >= 4 is 23.3 Å². The number of benzene rings is 1. The zero-order valence-corrected chi connectivity index (χ0v) is 12.9. The zero-order chi connectivity index (χ0) is 15.2. The van der Waals surface area contributed by atoms with E-state index in [4.69, 9.17) is 18.0 Å². The predicted octanol–water partition coefficient (Wildman–Crippen LogP) is 2.58. The molecular formula is C16H20ClN3O. The van der Waals surface area contributed by atoms with Crippen LogP contribution >= 0.6 is 11.6 Å². The number of terminal acetylenes is 1. The number of hydrogen-bond acceptors (Lipinski definition) is 2. The maximum absolute atomic E-state index is 11.9. The van der Waals surface area contributed by atoms with E-state index in [1.807, 2.05) is 31.3 Å². The molecule has 0 aromatic heterocycles. The smallest absolute Gasteiger partial charge is 0.318 e. The van der Waals surface area contributed by atoms with Crippen LogP contribution in [0.5, 0.6) is 0 Å². The van der Waals surface area contributed by atoms with Gasteiger partial charge in [-0.25, -0.2) is 4.79 Å². The van der Waals surface area contributed by atoms with Gasteiger partial charge in [-0.2, -0.15) is 0 Å². The molecule has 0 spiro atoms. The largest absolute Gasteiger partial charge is 0.371 e. The number of amides is 2. The summed E-state index contributed by atoms with van der Waals surface area (Å²) in [7, 11) is 1.83. The van der Waals surface area contributed by atoms with E-state index in [-0.39, 0.29) is 18.6 Å². The summed E-state index contributed by atoms with van der Waals surface area (Å²) in [4.78, 5) is 16.0. The molecule has 0 radical (unpaired) electrons. The fourth-order valence-corrected chi connectivity index (χ4v) is 2.71. The summed E-state index contributed by atoms with van der Waals surface area (Å²) in [6.45, 7) is 2.13. The molecule has 1 N–H and O–H groups in total. The van der Waals surface area contributed by atoms with E-state index < -0.39 is 0 Å². The average Bonchev–Trinajstić information content (AvgIpc) is 2.53. The molecular weight excluding hydrogens is 286 g/mol. The molecule has 4 nitrogen and oxygen atoms in total. The molecule has 1 heterocycles. The molecule has 0 bridgehead atoms. The van der Waals surface area contributed by atoms with Gasteiger partial charge in [0, 0.05) is 36.9 Å². The van der Waals surface area contributed by atoms with E-state index in [1.54, 1.807) is 4.90 Å². The molecule has 1 aromatic carbocycles. The zero-order valence-electron chi connectivity index (χ0n) is 12.2. The molecule has 5 heteroatoms. The van der Waals surface area contributed by atoms with Crippen LogP contribution in [0.15, 0.2) is 24.3 Å². The minimum atomic E-state index is -0.0992. The van der Waals surface area contributed by atoms with Gasteiger partial charge in [0.2, 0.25) is 0 Å². The minimum absolute atomic E-state index is 0.0992. The predicted molar refractivity (Wildman–Crippen MR) is 86.7 cm³/mol. The van der Waals surface area contributed by atoms with Crippen molar-refractivity contribution in [2.75, 3.05) is 31.6 Å². The summed E-state index contributed by atoms with van der Waals surface area (Å²) in [6.07, 6.45) is 7.04. The van der Waals surface area contributed by atoms with Crippen LogP contribution in [0.25, 0.3) is 0 Å². The van der Waals surface area contributed by atoms with E-state index in [0.717, 1.165) is 31.0 Å². The van der Waals surface area contributed by atoms with Crippen LogP contribution in [0.3, 0.4) is 0 Å². The van der Waals surface area contributed by atoms with Crippen molar-refractivity contribution in [3.8, 4) is 12.3 Å². The van der Waals surface area contributed by atoms with Gasteiger partial charge >= 0.3 is 6.03 Å². The summed E-state index contributed by atoms with van der Waals surface area (Å²) in [5.74, 6) is 2.41. The number of carbonyl (C=O) groups excluding carboxylic acids is 1. The molecule has 1 fully saturated rings. The molecule has 2 amide bonds. The first-order valence-corrected chi connectivity index (χ1v) is 7.44. The SMILES string of the molecule is C#CCNC(=O)N(C)C1CCN(c2ccc(Cl)cc2)CC1. The molecule has 1 saturated heterocycles. The highest BCUT2D eigenvalue weighted by atomic mass is 35.5. The minimum Gasteiger partial charge on any atom is -0.371 e. The van der Waals surface area contributed by atoms with Crippen LogP contribution in [0.4, 0.5) is 10.5 Å². The van der Waals surface area contributed by atoms with Gasteiger partial charge in [0.25, 0.3) is 0 Å². The van der Waals surface area contributed by atoms with Gasteiger partial charge in [0.1, 0.15) is 0 Å². The standard InChI is InChI=1S/C16H20ClN3O/c1-3-10-18-16(21)19(2)14-8-11-20(12-9-14)15-6-4-13(17)5-7-15/h1,4-7,14H,8-12H2,2H3,(H,18,21). The Morgan fingerprint density at radius 1 is 1.43 bits per heavy atom. The Labute approximate surface area is 131 Å². The maximum Gasteiger partial charge on any atom is 0.318 e. The van der Waals surface area contributed by atoms with Crippen molar-refractivity contribution < 1.29 is 4.79 Å². The van der Waals surface area contributed by atoms with Crippen LogP contribution in [0.2, 0.25) is 5.02 Å². The van der Waals surface area contributed by atoms with Crippen LogP contribution in [-0.2, 0) is 0 Å². The number of piperidine rings is 1. The third kappa shape index (κ3) is 4.05. The molecule has 1 aliphatic heterocycles. The molecule has 21 heavy (non-hydrogen) atoms. The quantitative estimate of drug-likeness (QED) is 0.871. The van der Waals surface area contributed by atoms with Crippen molar-refractivity contribution in [1.82, 2.24) is 10.2 Å². The monoisotopic (exact) mass is 305 g/mol. The first-order chi connectivity index (χ1) is 10.1. The Balaban J connectivity index is 1.86. The Kier molecular flexibility index (Phi) is 5.35. The lowest BCUT2D eigenvalue weighted by Crippen LogP contribution is -2.49. The molecule has 0 atom stereocenters. The fourth-order valence-electron chi connectivity index (χ4n) is 2.58. The lowest BCUT2D eigenvalue weighted by Gasteiger charge is -2.37. The fraction of sp³-hybridized carbons (Fsp3) is 0.438. The molecule has 0 saturated carbocycles. The molecule has 1 aliphatic rings. The number of anilines is 1. The van der Waals surface area contributed by atoms with Gasteiger partial charge in [0.05, 0.1) is 6.54 Å². The number of halogens is 1. The highest BCUT2D eigenvalue weighted by Gasteiger charge is 2.25. The molecule has 0 aliphatic carbocycles. The van der Waals surface area contributed by atoms with Crippen molar-refractivity contribution in [2.24, 2.45) is 0 Å². The summed E-state index contributed by atoms with van der Waals surface area (Å²) < 4.78 is 0. The lowest BCUT2D eigenvalue weighted by molar-refractivity contribution is 0.181. The first kappa shape index (κ1) is 15.5.